The number of para-hydroxylation sites is 1. The highest BCUT2D eigenvalue weighted by atomic mass is 16.7. The maximum Gasteiger partial charge on any atom is 0.264 e. The third-order valence-electron chi connectivity index (χ3n) is 8.18. The molecule has 27 heavy (non-hydrogen) atoms. The zero-order valence-electron chi connectivity index (χ0n) is 16.2. The number of carbonyl (C=O) groups is 1. The lowest BCUT2D eigenvalue weighted by Gasteiger charge is -2.47. The van der Waals surface area contributed by atoms with Gasteiger partial charge in [0.05, 0.1) is 32.1 Å². The Morgan fingerprint density at radius 3 is 2.85 bits per heavy atom. The van der Waals surface area contributed by atoms with Crippen LogP contribution in [0.1, 0.15) is 31.7 Å². The second-order valence-electron chi connectivity index (χ2n) is 8.60. The first-order valence-corrected chi connectivity index (χ1v) is 9.98. The number of hydroxylamine groups is 1. The highest BCUT2D eigenvalue weighted by molar-refractivity contribution is 6.07. The highest BCUT2D eigenvalue weighted by Crippen LogP contribution is 2.60. The zero-order chi connectivity index (χ0) is 19.0. The number of hydrogen-bond acceptors (Lipinski definition) is 5. The van der Waals surface area contributed by atoms with Gasteiger partial charge in [-0.3, -0.25) is 14.5 Å². The number of aliphatic hydroxyl groups excluding tert-OH is 1. The number of hydrogen-bond donors (Lipinski definition) is 1. The molecule has 0 unspecified atom stereocenters. The van der Waals surface area contributed by atoms with Gasteiger partial charge < -0.3 is 9.84 Å². The van der Waals surface area contributed by atoms with Crippen LogP contribution in [0.2, 0.25) is 0 Å². The Morgan fingerprint density at radius 1 is 1.37 bits per heavy atom. The molecule has 6 rings (SSSR count). The first-order chi connectivity index (χ1) is 13.0. The van der Waals surface area contributed by atoms with E-state index in [1.54, 1.807) is 7.11 Å². The number of anilines is 1. The van der Waals surface area contributed by atoms with E-state index < -0.39 is 5.41 Å². The van der Waals surface area contributed by atoms with Crippen molar-refractivity contribution in [2.75, 3.05) is 32.4 Å². The fraction of sp³-hybridized carbons (Fsp3) is 0.667. The van der Waals surface area contributed by atoms with Crippen molar-refractivity contribution < 1.29 is 19.5 Å². The van der Waals surface area contributed by atoms with Gasteiger partial charge in [0.15, 0.2) is 0 Å². The first-order valence-electron chi connectivity index (χ1n) is 9.98. The van der Waals surface area contributed by atoms with Crippen molar-refractivity contribution in [2.24, 2.45) is 11.8 Å². The SMILES string of the molecule is CC[C@]1(CO)[C@@H]2C[C@H]3OC[C@@H]2[C@H](C[C@@]32C(=O)N(OC)c3ccccc32)N1C. The molecule has 1 aromatic rings. The molecule has 6 heteroatoms. The van der Waals surface area contributed by atoms with Crippen molar-refractivity contribution >= 4 is 11.6 Å². The molecule has 6 atom stereocenters. The summed E-state index contributed by atoms with van der Waals surface area (Å²) in [7, 11) is 3.67. The van der Waals surface area contributed by atoms with Crippen LogP contribution in [0.5, 0.6) is 0 Å². The molecular formula is C21H28N2O4. The molecule has 4 heterocycles. The minimum atomic E-state index is -0.704. The van der Waals surface area contributed by atoms with Crippen LogP contribution in [0.25, 0.3) is 0 Å². The quantitative estimate of drug-likeness (QED) is 0.875. The van der Waals surface area contributed by atoms with Crippen molar-refractivity contribution in [3.8, 4) is 0 Å². The average Bonchev–Trinajstić information content (AvgIpc) is 2.92. The minimum Gasteiger partial charge on any atom is -0.394 e. The van der Waals surface area contributed by atoms with Gasteiger partial charge >= 0.3 is 0 Å². The zero-order valence-corrected chi connectivity index (χ0v) is 16.2. The van der Waals surface area contributed by atoms with E-state index in [-0.39, 0.29) is 30.2 Å². The summed E-state index contributed by atoms with van der Waals surface area (Å²) in [6.45, 7) is 2.99. The molecule has 1 N–H and O–H groups in total. The molecule has 1 amide bonds. The van der Waals surface area contributed by atoms with Crippen molar-refractivity contribution in [3.63, 3.8) is 0 Å². The molecule has 146 valence electrons. The van der Waals surface area contributed by atoms with Crippen LogP contribution in [-0.2, 0) is 19.8 Å². The molecule has 0 radical (unpaired) electrons. The fourth-order valence-electron chi connectivity index (χ4n) is 6.76. The van der Waals surface area contributed by atoms with Gasteiger partial charge in [0.25, 0.3) is 5.91 Å². The maximum atomic E-state index is 13.6. The van der Waals surface area contributed by atoms with Gasteiger partial charge in [-0.15, -0.1) is 0 Å². The van der Waals surface area contributed by atoms with E-state index >= 15 is 0 Å². The fourth-order valence-corrected chi connectivity index (χ4v) is 6.76. The van der Waals surface area contributed by atoms with Crippen molar-refractivity contribution in [1.29, 1.82) is 0 Å². The summed E-state index contributed by atoms with van der Waals surface area (Å²) in [5, 5.41) is 11.8. The number of benzene rings is 1. The van der Waals surface area contributed by atoms with Gasteiger partial charge in [-0.2, -0.15) is 5.06 Å². The van der Waals surface area contributed by atoms with Crippen LogP contribution in [-0.4, -0.2) is 61.0 Å². The minimum absolute atomic E-state index is 0.0103. The summed E-state index contributed by atoms with van der Waals surface area (Å²) in [4.78, 5) is 21.5. The van der Waals surface area contributed by atoms with Crippen LogP contribution in [0.15, 0.2) is 24.3 Å². The third-order valence-corrected chi connectivity index (χ3v) is 8.18. The molecular weight excluding hydrogens is 344 g/mol. The first kappa shape index (κ1) is 17.6. The smallest absolute Gasteiger partial charge is 0.264 e. The topological polar surface area (TPSA) is 62.2 Å². The molecule has 5 aliphatic rings. The molecule has 1 saturated carbocycles. The number of amides is 1. The lowest BCUT2D eigenvalue weighted by Crippen LogP contribution is -2.58. The Bertz CT molecular complexity index is 777. The predicted octanol–water partition coefficient (Wildman–Crippen LogP) is 1.71. The number of likely N-dealkylation sites (tertiary alicyclic amines) is 1. The summed E-state index contributed by atoms with van der Waals surface area (Å²) in [5.74, 6) is 0.690. The van der Waals surface area contributed by atoms with Crippen LogP contribution in [0.3, 0.4) is 0 Å². The van der Waals surface area contributed by atoms with E-state index in [9.17, 15) is 9.90 Å². The van der Waals surface area contributed by atoms with E-state index in [0.29, 0.717) is 24.9 Å². The molecule has 4 fully saturated rings. The number of fused-ring (bicyclic) bond motifs is 2. The molecule has 3 saturated heterocycles. The summed E-state index contributed by atoms with van der Waals surface area (Å²) in [6.07, 6.45) is 2.25. The summed E-state index contributed by atoms with van der Waals surface area (Å²) < 4.78 is 6.36. The van der Waals surface area contributed by atoms with Crippen molar-refractivity contribution in [3.05, 3.63) is 29.8 Å². The molecule has 0 aromatic heterocycles. The number of rotatable bonds is 3. The Hall–Kier alpha value is -1.47. The van der Waals surface area contributed by atoms with Crippen LogP contribution in [0, 0.1) is 11.8 Å². The van der Waals surface area contributed by atoms with Gasteiger partial charge in [-0.05, 0) is 43.9 Å². The van der Waals surface area contributed by atoms with Gasteiger partial charge in [-0.1, -0.05) is 25.1 Å². The van der Waals surface area contributed by atoms with E-state index in [2.05, 4.69) is 24.9 Å². The molecule has 1 aromatic carbocycles. The van der Waals surface area contributed by atoms with Gasteiger partial charge in [0.2, 0.25) is 0 Å². The van der Waals surface area contributed by atoms with Gasteiger partial charge in [0, 0.05) is 17.5 Å². The summed E-state index contributed by atoms with van der Waals surface area (Å²) >= 11 is 0. The Kier molecular flexibility index (Phi) is 3.76. The van der Waals surface area contributed by atoms with E-state index in [1.165, 1.54) is 5.06 Å². The second-order valence-corrected chi connectivity index (χ2v) is 8.60. The number of carbonyl (C=O) groups excluding carboxylic acids is 1. The van der Waals surface area contributed by atoms with Gasteiger partial charge in [-0.25, -0.2) is 0 Å². The van der Waals surface area contributed by atoms with Crippen molar-refractivity contribution in [1.82, 2.24) is 4.90 Å². The number of likely N-dealkylation sites (N-methyl/N-ethyl adjacent to an activating group) is 1. The summed E-state index contributed by atoms with van der Waals surface area (Å²) in [5.41, 5.74) is 0.946. The summed E-state index contributed by atoms with van der Waals surface area (Å²) in [6, 6.07) is 8.16. The largest absolute Gasteiger partial charge is 0.394 e. The van der Waals surface area contributed by atoms with Gasteiger partial charge in [0.1, 0.15) is 5.41 Å². The Labute approximate surface area is 160 Å². The molecule has 4 aliphatic heterocycles. The predicted molar refractivity (Wildman–Crippen MR) is 100 cm³/mol. The molecule has 1 aliphatic carbocycles. The van der Waals surface area contributed by atoms with Crippen molar-refractivity contribution in [2.45, 2.75) is 49.3 Å². The highest BCUT2D eigenvalue weighted by Gasteiger charge is 2.69. The number of aliphatic hydroxyl groups is 1. The Balaban J connectivity index is 1.67. The van der Waals surface area contributed by atoms with E-state index in [0.717, 1.165) is 24.1 Å². The lowest BCUT2D eigenvalue weighted by atomic mass is 9.68. The molecule has 1 spiro atoms. The number of ether oxygens (including phenoxy) is 1. The molecule has 6 nitrogen and oxygen atoms in total. The maximum absolute atomic E-state index is 13.6. The average molecular weight is 372 g/mol. The standard InChI is InChI=1S/C21H28N2O4/c1-4-20(12-24)15-9-18-21(10-17(22(20)2)13(15)11-27-18)14-7-5-6-8-16(14)23(26-3)19(21)25/h5-8,13,15,17-18,24H,4,9-12H2,1-3H3/t13-,15+,17-,18+,20-,21-/m0/s1. The Morgan fingerprint density at radius 2 is 2.15 bits per heavy atom. The van der Waals surface area contributed by atoms with E-state index in [1.807, 2.05) is 18.2 Å². The van der Waals surface area contributed by atoms with E-state index in [4.69, 9.17) is 9.57 Å². The lowest BCUT2D eigenvalue weighted by molar-refractivity contribution is -0.141. The van der Waals surface area contributed by atoms with Crippen LogP contribution >= 0.6 is 0 Å². The van der Waals surface area contributed by atoms with Crippen LogP contribution < -0.4 is 5.06 Å². The normalized spacial score (nSPS) is 42.8. The molecule has 4 bridgehead atoms. The van der Waals surface area contributed by atoms with Crippen LogP contribution in [0.4, 0.5) is 5.69 Å². The second kappa shape index (κ2) is 5.77. The third kappa shape index (κ3) is 1.87. The number of nitrogens with zero attached hydrogens (tertiary/aromatic N) is 2. The monoisotopic (exact) mass is 372 g/mol.